The van der Waals surface area contributed by atoms with Gasteiger partial charge in [0.25, 0.3) is 5.91 Å². The van der Waals surface area contributed by atoms with Crippen LogP contribution in [0, 0.1) is 5.92 Å². The van der Waals surface area contributed by atoms with Gasteiger partial charge in [-0.25, -0.2) is 4.79 Å². The highest BCUT2D eigenvalue weighted by Gasteiger charge is 2.56. The molecule has 1 aromatic carbocycles. The number of hydrogen-bond acceptors (Lipinski definition) is 3. The molecule has 1 saturated carbocycles. The lowest BCUT2D eigenvalue weighted by Crippen LogP contribution is -2.48. The van der Waals surface area contributed by atoms with Crippen molar-refractivity contribution < 1.29 is 14.4 Å². The Labute approximate surface area is 153 Å². The number of nitrogens with zero attached hydrogens (tertiary/aromatic N) is 2. The summed E-state index contributed by atoms with van der Waals surface area (Å²) in [4.78, 5) is 41.0. The number of carbonyl (C=O) groups is 3. The van der Waals surface area contributed by atoms with Crippen LogP contribution in [0.15, 0.2) is 18.2 Å². The summed E-state index contributed by atoms with van der Waals surface area (Å²) in [6.07, 6.45) is 4.59. The smallest absolute Gasteiger partial charge is 0.323 e. The van der Waals surface area contributed by atoms with Gasteiger partial charge in [-0.15, -0.1) is 0 Å². The van der Waals surface area contributed by atoms with Gasteiger partial charge in [-0.2, -0.15) is 0 Å². The summed E-state index contributed by atoms with van der Waals surface area (Å²) in [5.41, 5.74) is 2.44. The van der Waals surface area contributed by atoms with Crippen LogP contribution in [0.3, 0.4) is 0 Å². The standard InChI is InChI=1S/C20H25N3O3/c1-3-13-6-4-7-14-8-5-11-22(17(13)14)16(24)12-23-18(25)20(2,15-9-10-15)21-19(23)26/h4,6-7,15H,3,5,8-12H2,1-2H3,(H,21,26). The lowest BCUT2D eigenvalue weighted by Gasteiger charge is -2.32. The number of para-hydroxylation sites is 1. The highest BCUT2D eigenvalue weighted by Crippen LogP contribution is 2.42. The summed E-state index contributed by atoms with van der Waals surface area (Å²) in [5, 5.41) is 2.81. The first-order chi connectivity index (χ1) is 12.5. The van der Waals surface area contributed by atoms with Crippen LogP contribution in [0.25, 0.3) is 0 Å². The summed E-state index contributed by atoms with van der Waals surface area (Å²) in [7, 11) is 0. The quantitative estimate of drug-likeness (QED) is 0.842. The number of rotatable bonds is 4. The van der Waals surface area contributed by atoms with E-state index in [1.54, 1.807) is 11.8 Å². The zero-order valence-electron chi connectivity index (χ0n) is 15.4. The van der Waals surface area contributed by atoms with Gasteiger partial charge in [0.15, 0.2) is 0 Å². The van der Waals surface area contributed by atoms with E-state index in [0.29, 0.717) is 6.54 Å². The highest BCUT2D eigenvalue weighted by molar-refractivity contribution is 6.10. The van der Waals surface area contributed by atoms with E-state index in [2.05, 4.69) is 18.3 Å². The maximum atomic E-state index is 13.0. The fourth-order valence-electron chi connectivity index (χ4n) is 4.28. The molecule has 1 saturated heterocycles. The van der Waals surface area contributed by atoms with Gasteiger partial charge in [-0.3, -0.25) is 14.5 Å². The van der Waals surface area contributed by atoms with Crippen LogP contribution in [0.2, 0.25) is 0 Å². The van der Waals surface area contributed by atoms with E-state index in [4.69, 9.17) is 0 Å². The third-order valence-corrected chi connectivity index (χ3v) is 5.97. The van der Waals surface area contributed by atoms with Gasteiger partial charge >= 0.3 is 6.03 Å². The first-order valence-corrected chi connectivity index (χ1v) is 9.51. The van der Waals surface area contributed by atoms with Crippen LogP contribution in [0.1, 0.15) is 44.2 Å². The van der Waals surface area contributed by atoms with Crippen LogP contribution in [0.4, 0.5) is 10.5 Å². The molecule has 6 heteroatoms. The van der Waals surface area contributed by atoms with Crippen molar-refractivity contribution in [1.29, 1.82) is 0 Å². The minimum Gasteiger partial charge on any atom is -0.323 e. The lowest BCUT2D eigenvalue weighted by atomic mass is 9.95. The number of nitrogens with one attached hydrogen (secondary N) is 1. The van der Waals surface area contributed by atoms with Crippen LogP contribution in [-0.4, -0.2) is 41.4 Å². The number of urea groups is 1. The third kappa shape index (κ3) is 2.59. The molecule has 1 aromatic rings. The van der Waals surface area contributed by atoms with Gasteiger partial charge in [0.2, 0.25) is 5.91 Å². The molecule has 0 bridgehead atoms. The zero-order chi connectivity index (χ0) is 18.5. The third-order valence-electron chi connectivity index (χ3n) is 5.97. The maximum absolute atomic E-state index is 13.0. The van der Waals surface area contributed by atoms with Gasteiger partial charge in [0, 0.05) is 6.54 Å². The Balaban J connectivity index is 1.57. The van der Waals surface area contributed by atoms with Crippen molar-refractivity contribution in [3.63, 3.8) is 0 Å². The number of fused-ring (bicyclic) bond motifs is 1. The van der Waals surface area contributed by atoms with E-state index < -0.39 is 11.6 Å². The minimum absolute atomic E-state index is 0.185. The Bertz CT molecular complexity index is 772. The molecule has 3 aliphatic rings. The van der Waals surface area contributed by atoms with Crippen LogP contribution >= 0.6 is 0 Å². The molecule has 1 N–H and O–H groups in total. The number of carbonyl (C=O) groups excluding carboxylic acids is 3. The predicted octanol–water partition coefficient (Wildman–Crippen LogP) is 2.25. The fourth-order valence-corrected chi connectivity index (χ4v) is 4.28. The second-order valence-electron chi connectivity index (χ2n) is 7.73. The topological polar surface area (TPSA) is 69.7 Å². The molecule has 138 valence electrons. The lowest BCUT2D eigenvalue weighted by molar-refractivity contribution is -0.134. The SMILES string of the molecule is CCc1cccc2c1N(C(=O)CN1C(=O)NC(C)(C3CC3)C1=O)CCC2. The van der Waals surface area contributed by atoms with Crippen molar-refractivity contribution >= 4 is 23.5 Å². The van der Waals surface area contributed by atoms with E-state index in [9.17, 15) is 14.4 Å². The largest absolute Gasteiger partial charge is 0.325 e. The molecule has 0 radical (unpaired) electrons. The molecular weight excluding hydrogens is 330 g/mol. The van der Waals surface area contributed by atoms with Crippen LogP contribution < -0.4 is 10.2 Å². The van der Waals surface area contributed by atoms with Crippen molar-refractivity contribution in [2.24, 2.45) is 5.92 Å². The van der Waals surface area contributed by atoms with Gasteiger partial charge in [0.05, 0.1) is 5.69 Å². The molecule has 6 nitrogen and oxygen atoms in total. The number of hydrogen-bond donors (Lipinski definition) is 1. The molecule has 2 aliphatic heterocycles. The first kappa shape index (κ1) is 17.1. The summed E-state index contributed by atoms with van der Waals surface area (Å²) in [6.45, 7) is 4.29. The molecule has 0 spiro atoms. The molecule has 1 unspecified atom stereocenters. The predicted molar refractivity (Wildman–Crippen MR) is 97.9 cm³/mol. The van der Waals surface area contributed by atoms with Gasteiger partial charge in [-0.1, -0.05) is 25.1 Å². The number of imide groups is 1. The van der Waals surface area contributed by atoms with Crippen LogP contribution in [0.5, 0.6) is 0 Å². The summed E-state index contributed by atoms with van der Waals surface area (Å²) in [6, 6.07) is 5.69. The molecule has 4 rings (SSSR count). The maximum Gasteiger partial charge on any atom is 0.325 e. The minimum atomic E-state index is -0.842. The Morgan fingerprint density at radius 1 is 1.31 bits per heavy atom. The Morgan fingerprint density at radius 2 is 2.08 bits per heavy atom. The number of aryl methyl sites for hydroxylation is 2. The monoisotopic (exact) mass is 355 g/mol. The molecule has 0 aromatic heterocycles. The fraction of sp³-hybridized carbons (Fsp3) is 0.550. The summed E-state index contributed by atoms with van der Waals surface area (Å²) in [5.74, 6) is -0.254. The Kier molecular flexibility index (Phi) is 4.01. The van der Waals surface area contributed by atoms with Crippen molar-refractivity contribution in [1.82, 2.24) is 10.2 Å². The molecule has 26 heavy (non-hydrogen) atoms. The van der Waals surface area contributed by atoms with E-state index >= 15 is 0 Å². The normalized spacial score (nSPS) is 25.3. The molecule has 2 heterocycles. The van der Waals surface area contributed by atoms with E-state index in [1.165, 1.54) is 5.56 Å². The van der Waals surface area contributed by atoms with Crippen LogP contribution in [-0.2, 0) is 22.4 Å². The summed E-state index contributed by atoms with van der Waals surface area (Å²) >= 11 is 0. The zero-order valence-corrected chi connectivity index (χ0v) is 15.4. The number of anilines is 1. The highest BCUT2D eigenvalue weighted by atomic mass is 16.2. The summed E-state index contributed by atoms with van der Waals surface area (Å²) < 4.78 is 0. The van der Waals surface area contributed by atoms with Gasteiger partial charge in [-0.05, 0) is 56.1 Å². The van der Waals surface area contributed by atoms with Gasteiger partial charge < -0.3 is 10.2 Å². The molecular formula is C20H25N3O3. The number of amides is 4. The van der Waals surface area contributed by atoms with Crippen molar-refractivity contribution in [3.8, 4) is 0 Å². The molecule has 2 fully saturated rings. The van der Waals surface area contributed by atoms with Crippen molar-refractivity contribution in [3.05, 3.63) is 29.3 Å². The molecule has 1 aliphatic carbocycles. The second-order valence-corrected chi connectivity index (χ2v) is 7.73. The average molecular weight is 355 g/mol. The van der Waals surface area contributed by atoms with E-state index in [-0.39, 0.29) is 24.3 Å². The Morgan fingerprint density at radius 3 is 2.77 bits per heavy atom. The van der Waals surface area contributed by atoms with Gasteiger partial charge in [0.1, 0.15) is 12.1 Å². The molecule has 4 amide bonds. The van der Waals surface area contributed by atoms with E-state index in [0.717, 1.165) is 48.3 Å². The molecule has 1 atom stereocenters. The first-order valence-electron chi connectivity index (χ1n) is 9.51. The number of benzene rings is 1. The van der Waals surface area contributed by atoms with Crippen molar-refractivity contribution in [2.75, 3.05) is 18.0 Å². The Hall–Kier alpha value is -2.37. The second kappa shape index (κ2) is 6.11. The van der Waals surface area contributed by atoms with Crippen molar-refractivity contribution in [2.45, 2.75) is 51.5 Å². The average Bonchev–Trinajstić information content (AvgIpc) is 3.46. The van der Waals surface area contributed by atoms with E-state index in [1.807, 2.05) is 12.1 Å².